The summed E-state index contributed by atoms with van der Waals surface area (Å²) in [5.74, 6) is -0.920. The van der Waals surface area contributed by atoms with E-state index in [1.807, 2.05) is 0 Å². The zero-order chi connectivity index (χ0) is 39.1. The predicted octanol–water partition coefficient (Wildman–Crippen LogP) is 10.4. The van der Waals surface area contributed by atoms with Gasteiger partial charge in [0.15, 0.2) is 0 Å². The summed E-state index contributed by atoms with van der Waals surface area (Å²) >= 11 is 0. The lowest BCUT2D eigenvalue weighted by molar-refractivity contribution is -0.229. The standard InChI is InChI=1S/C42H79O10P/c1-3-5-7-9-11-13-15-17-19-21-23-25-27-29-31-33-41(45)49-35-39(43)37-51-53(47,48)52-38-40(44)36-50-42(46)34-32-30-28-26-24-22-20-18-16-14-12-10-8-6-4-2/h17-20,39-40,43-44H,3-16,21-38H2,1-2H3,(H,47,48)/p-1/b19-17-,20-18-/t39-,40-/m0/s1. The van der Waals surface area contributed by atoms with E-state index in [1.54, 1.807) is 0 Å². The summed E-state index contributed by atoms with van der Waals surface area (Å²) in [4.78, 5) is 35.9. The summed E-state index contributed by atoms with van der Waals surface area (Å²) in [6.45, 7) is 2.34. The third-order valence-electron chi connectivity index (χ3n) is 9.01. The molecule has 2 atom stereocenters. The molecular formula is C42H78O10P-. The molecule has 53 heavy (non-hydrogen) atoms. The van der Waals surface area contributed by atoms with Gasteiger partial charge in [0.1, 0.15) is 25.4 Å². The van der Waals surface area contributed by atoms with Crippen LogP contribution in [0.25, 0.3) is 0 Å². The topological polar surface area (TPSA) is 152 Å². The Labute approximate surface area is 323 Å². The molecule has 0 aliphatic carbocycles. The normalized spacial score (nSPS) is 13.2. The summed E-state index contributed by atoms with van der Waals surface area (Å²) in [5.41, 5.74) is 0. The van der Waals surface area contributed by atoms with Crippen molar-refractivity contribution in [3.8, 4) is 0 Å². The molecule has 0 aromatic rings. The fourth-order valence-electron chi connectivity index (χ4n) is 5.69. The van der Waals surface area contributed by atoms with Crippen molar-refractivity contribution in [3.05, 3.63) is 24.3 Å². The van der Waals surface area contributed by atoms with Crippen LogP contribution in [0.3, 0.4) is 0 Å². The molecule has 2 N–H and O–H groups in total. The highest BCUT2D eigenvalue weighted by Gasteiger charge is 2.18. The molecule has 0 amide bonds. The van der Waals surface area contributed by atoms with Gasteiger partial charge in [-0.15, -0.1) is 0 Å². The summed E-state index contributed by atoms with van der Waals surface area (Å²) < 4.78 is 31.3. The number of aliphatic hydroxyl groups is 2. The average Bonchev–Trinajstić information content (AvgIpc) is 3.14. The van der Waals surface area contributed by atoms with E-state index in [2.05, 4.69) is 47.2 Å². The first-order valence-corrected chi connectivity index (χ1v) is 22.7. The third-order valence-corrected chi connectivity index (χ3v) is 9.94. The lowest BCUT2D eigenvalue weighted by atomic mass is 10.1. The number of hydrogen-bond acceptors (Lipinski definition) is 10. The molecule has 11 heteroatoms. The van der Waals surface area contributed by atoms with E-state index < -0.39 is 58.4 Å². The lowest BCUT2D eigenvalue weighted by Crippen LogP contribution is -2.27. The van der Waals surface area contributed by atoms with Gasteiger partial charge in [-0.2, -0.15) is 0 Å². The fraction of sp³-hybridized carbons (Fsp3) is 0.857. The molecule has 0 unspecified atom stereocenters. The molecule has 0 heterocycles. The van der Waals surface area contributed by atoms with E-state index in [9.17, 15) is 29.3 Å². The molecule has 0 bridgehead atoms. The minimum atomic E-state index is -4.85. The van der Waals surface area contributed by atoms with Gasteiger partial charge in [-0.25, -0.2) is 0 Å². The molecule has 0 rings (SSSR count). The number of phosphoric acid groups is 1. The van der Waals surface area contributed by atoms with Gasteiger partial charge in [-0.1, -0.05) is 141 Å². The van der Waals surface area contributed by atoms with Crippen LogP contribution in [0, 0.1) is 0 Å². The highest BCUT2D eigenvalue weighted by molar-refractivity contribution is 7.45. The molecule has 0 aliphatic heterocycles. The summed E-state index contributed by atoms with van der Waals surface area (Å²) in [6, 6.07) is 0. The maximum atomic E-state index is 12.0. The molecule has 0 aromatic heterocycles. The average molecular weight is 774 g/mol. The number of carbonyl (C=O) groups excluding carboxylic acids is 2. The number of esters is 2. The van der Waals surface area contributed by atoms with Crippen molar-refractivity contribution >= 4 is 19.8 Å². The minimum Gasteiger partial charge on any atom is -0.756 e. The third kappa shape index (κ3) is 39.9. The highest BCUT2D eigenvalue weighted by atomic mass is 31.2. The number of aliphatic hydroxyl groups excluding tert-OH is 2. The largest absolute Gasteiger partial charge is 0.756 e. The van der Waals surface area contributed by atoms with E-state index in [0.717, 1.165) is 64.2 Å². The number of phosphoric ester groups is 1. The Morgan fingerprint density at radius 2 is 0.774 bits per heavy atom. The molecule has 10 nitrogen and oxygen atoms in total. The highest BCUT2D eigenvalue weighted by Crippen LogP contribution is 2.38. The second-order valence-corrected chi connectivity index (χ2v) is 15.8. The Balaban J connectivity index is 3.71. The zero-order valence-corrected chi connectivity index (χ0v) is 34.6. The number of hydrogen-bond donors (Lipinski definition) is 2. The lowest BCUT2D eigenvalue weighted by Gasteiger charge is -2.25. The first-order chi connectivity index (χ1) is 25.7. The van der Waals surface area contributed by atoms with E-state index in [0.29, 0.717) is 12.8 Å². The molecule has 0 fully saturated rings. The van der Waals surface area contributed by atoms with Crippen LogP contribution in [-0.4, -0.2) is 60.8 Å². The van der Waals surface area contributed by atoms with Crippen LogP contribution >= 0.6 is 7.82 Å². The molecular weight excluding hydrogens is 695 g/mol. The van der Waals surface area contributed by atoms with Crippen LogP contribution in [-0.2, 0) is 32.7 Å². The molecule has 0 radical (unpaired) electrons. The second-order valence-electron chi connectivity index (χ2n) is 14.4. The number of allylic oxidation sites excluding steroid dienone is 4. The minimum absolute atomic E-state index is 0.231. The van der Waals surface area contributed by atoms with Crippen LogP contribution in [0.5, 0.6) is 0 Å². The number of unbranched alkanes of at least 4 members (excludes halogenated alkanes) is 22. The van der Waals surface area contributed by atoms with Gasteiger partial charge in [0.05, 0.1) is 13.2 Å². The Kier molecular flexibility index (Phi) is 37.6. The Morgan fingerprint density at radius 1 is 0.491 bits per heavy atom. The van der Waals surface area contributed by atoms with Gasteiger partial charge >= 0.3 is 11.9 Å². The predicted molar refractivity (Wildman–Crippen MR) is 212 cm³/mol. The Bertz CT molecular complexity index is 871. The van der Waals surface area contributed by atoms with Gasteiger partial charge in [0.2, 0.25) is 0 Å². The summed E-state index contributed by atoms with van der Waals surface area (Å²) in [6.07, 6.45) is 37.1. The van der Waals surface area contributed by atoms with E-state index in [1.165, 1.54) is 89.9 Å². The SMILES string of the molecule is CCCCCCCC/C=C\CCCCCCCC(=O)OC[C@H](O)COP(=O)([O-])OC[C@@H](O)COC(=O)CCCCCCC/C=C\CCCCCCCC. The second kappa shape index (κ2) is 38.7. The first-order valence-electron chi connectivity index (χ1n) is 21.3. The maximum Gasteiger partial charge on any atom is 0.305 e. The summed E-state index contributed by atoms with van der Waals surface area (Å²) in [5, 5.41) is 19.9. The van der Waals surface area contributed by atoms with Crippen molar-refractivity contribution in [2.45, 2.75) is 206 Å². The molecule has 312 valence electrons. The van der Waals surface area contributed by atoms with Gasteiger partial charge in [0, 0.05) is 12.8 Å². The quantitative estimate of drug-likeness (QED) is 0.0266. The molecule has 0 aromatic carbocycles. The molecule has 0 saturated heterocycles. The zero-order valence-electron chi connectivity index (χ0n) is 33.7. The Hall–Kier alpha value is -1.55. The van der Waals surface area contributed by atoms with Crippen LogP contribution < -0.4 is 4.89 Å². The van der Waals surface area contributed by atoms with Crippen molar-refractivity contribution < 1.29 is 47.8 Å². The van der Waals surface area contributed by atoms with Crippen molar-refractivity contribution in [1.82, 2.24) is 0 Å². The van der Waals surface area contributed by atoms with E-state index in [-0.39, 0.29) is 12.8 Å². The van der Waals surface area contributed by atoms with Crippen LogP contribution in [0.4, 0.5) is 0 Å². The Morgan fingerprint density at radius 3 is 1.09 bits per heavy atom. The van der Waals surface area contributed by atoms with Gasteiger partial charge < -0.3 is 33.6 Å². The van der Waals surface area contributed by atoms with Gasteiger partial charge in [0.25, 0.3) is 7.82 Å². The van der Waals surface area contributed by atoms with Crippen molar-refractivity contribution in [2.24, 2.45) is 0 Å². The summed E-state index contributed by atoms with van der Waals surface area (Å²) in [7, 11) is -4.85. The number of carbonyl (C=O) groups is 2. The van der Waals surface area contributed by atoms with E-state index in [4.69, 9.17) is 9.47 Å². The number of ether oxygens (including phenoxy) is 2. The molecule has 0 spiro atoms. The van der Waals surface area contributed by atoms with Crippen LogP contribution in [0.1, 0.15) is 194 Å². The fourth-order valence-corrected chi connectivity index (χ4v) is 6.47. The van der Waals surface area contributed by atoms with Crippen LogP contribution in [0.2, 0.25) is 0 Å². The monoisotopic (exact) mass is 774 g/mol. The maximum absolute atomic E-state index is 12.0. The van der Waals surface area contributed by atoms with Gasteiger partial charge in [-0.05, 0) is 64.2 Å². The number of rotatable bonds is 40. The van der Waals surface area contributed by atoms with Crippen molar-refractivity contribution in [2.75, 3.05) is 26.4 Å². The smallest absolute Gasteiger partial charge is 0.305 e. The van der Waals surface area contributed by atoms with E-state index >= 15 is 0 Å². The first kappa shape index (κ1) is 51.5. The van der Waals surface area contributed by atoms with Crippen LogP contribution in [0.15, 0.2) is 24.3 Å². The van der Waals surface area contributed by atoms with Gasteiger partial charge in [-0.3, -0.25) is 14.2 Å². The van der Waals surface area contributed by atoms with Crippen molar-refractivity contribution in [1.29, 1.82) is 0 Å². The molecule has 0 aliphatic rings. The van der Waals surface area contributed by atoms with Crippen molar-refractivity contribution in [3.63, 3.8) is 0 Å². The molecule has 0 saturated carbocycles.